The SMILES string of the molecule is Cc1nc(C)c(C(=O)Nc2nn(C)cc2S(N)(=O)=O)o1. The highest BCUT2D eigenvalue weighted by Crippen LogP contribution is 2.19. The molecule has 108 valence electrons. The summed E-state index contributed by atoms with van der Waals surface area (Å²) in [4.78, 5) is 15.7. The number of aromatic nitrogens is 3. The number of aryl methyl sites for hydroxylation is 3. The Balaban J connectivity index is 2.36. The van der Waals surface area contributed by atoms with Gasteiger partial charge in [-0.1, -0.05) is 0 Å². The molecule has 0 bridgehead atoms. The number of nitrogens with one attached hydrogen (secondary N) is 1. The summed E-state index contributed by atoms with van der Waals surface area (Å²) < 4.78 is 29.2. The zero-order valence-corrected chi connectivity index (χ0v) is 11.9. The number of sulfonamides is 1. The van der Waals surface area contributed by atoms with Crippen LogP contribution in [0.4, 0.5) is 5.82 Å². The van der Waals surface area contributed by atoms with Gasteiger partial charge in [-0.15, -0.1) is 0 Å². The normalized spacial score (nSPS) is 11.6. The van der Waals surface area contributed by atoms with E-state index >= 15 is 0 Å². The Morgan fingerprint density at radius 2 is 2.10 bits per heavy atom. The van der Waals surface area contributed by atoms with E-state index in [0.29, 0.717) is 11.6 Å². The minimum atomic E-state index is -3.99. The standard InChI is InChI=1S/C10H13N5O4S/c1-5-8(19-6(2)12-5)10(16)13-9-7(20(11,17)18)4-15(3)14-9/h4H,1-3H3,(H2,11,17,18)(H,13,14,16). The van der Waals surface area contributed by atoms with Crippen molar-refractivity contribution in [3.8, 4) is 0 Å². The average Bonchev–Trinajstić information content (AvgIpc) is 2.81. The molecule has 0 spiro atoms. The fourth-order valence-electron chi connectivity index (χ4n) is 1.67. The van der Waals surface area contributed by atoms with E-state index in [4.69, 9.17) is 9.56 Å². The number of nitrogens with two attached hydrogens (primary N) is 1. The fourth-order valence-corrected chi connectivity index (χ4v) is 2.33. The van der Waals surface area contributed by atoms with Crippen molar-refractivity contribution in [2.24, 2.45) is 12.2 Å². The predicted octanol–water partition coefficient (Wildman–Crippen LogP) is -0.0754. The van der Waals surface area contributed by atoms with Gasteiger partial charge in [0.05, 0.1) is 5.69 Å². The van der Waals surface area contributed by atoms with E-state index < -0.39 is 15.9 Å². The lowest BCUT2D eigenvalue weighted by Crippen LogP contribution is -2.18. The molecule has 0 unspecified atom stereocenters. The quantitative estimate of drug-likeness (QED) is 0.814. The van der Waals surface area contributed by atoms with E-state index in [9.17, 15) is 13.2 Å². The van der Waals surface area contributed by atoms with Gasteiger partial charge in [-0.2, -0.15) is 5.10 Å². The van der Waals surface area contributed by atoms with Crippen molar-refractivity contribution in [2.75, 3.05) is 5.32 Å². The van der Waals surface area contributed by atoms with Crippen molar-refractivity contribution >= 4 is 21.7 Å². The third-order valence-electron chi connectivity index (χ3n) is 2.44. The van der Waals surface area contributed by atoms with Gasteiger partial charge in [-0.3, -0.25) is 9.48 Å². The summed E-state index contributed by atoms with van der Waals surface area (Å²) in [6.45, 7) is 3.20. The minimum Gasteiger partial charge on any atom is -0.436 e. The van der Waals surface area contributed by atoms with Gasteiger partial charge in [0, 0.05) is 20.2 Å². The third-order valence-corrected chi connectivity index (χ3v) is 3.36. The molecular formula is C10H13N5O4S. The monoisotopic (exact) mass is 299 g/mol. The highest BCUT2D eigenvalue weighted by Gasteiger charge is 2.23. The second-order valence-electron chi connectivity index (χ2n) is 4.16. The van der Waals surface area contributed by atoms with Crippen molar-refractivity contribution in [2.45, 2.75) is 18.7 Å². The molecule has 1 amide bonds. The molecule has 2 aromatic heterocycles. The topological polar surface area (TPSA) is 133 Å². The molecule has 0 radical (unpaired) electrons. The molecule has 0 aromatic carbocycles. The Morgan fingerprint density at radius 3 is 2.60 bits per heavy atom. The van der Waals surface area contributed by atoms with Crippen LogP contribution in [-0.4, -0.2) is 29.1 Å². The molecule has 0 atom stereocenters. The summed E-state index contributed by atoms with van der Waals surface area (Å²) in [6.07, 6.45) is 1.20. The Morgan fingerprint density at radius 1 is 1.45 bits per heavy atom. The van der Waals surface area contributed by atoms with Crippen LogP contribution in [0.1, 0.15) is 22.1 Å². The van der Waals surface area contributed by atoms with Crippen LogP contribution in [0.25, 0.3) is 0 Å². The molecule has 3 N–H and O–H groups in total. The molecule has 20 heavy (non-hydrogen) atoms. The minimum absolute atomic E-state index is 0.00600. The van der Waals surface area contributed by atoms with Crippen LogP contribution >= 0.6 is 0 Å². The van der Waals surface area contributed by atoms with Crippen LogP contribution in [0.15, 0.2) is 15.5 Å². The van der Waals surface area contributed by atoms with E-state index in [0.717, 1.165) is 0 Å². The third kappa shape index (κ3) is 2.70. The van der Waals surface area contributed by atoms with Gasteiger partial charge < -0.3 is 9.73 Å². The Hall–Kier alpha value is -2.20. The molecule has 0 saturated heterocycles. The number of hydrogen-bond acceptors (Lipinski definition) is 6. The van der Waals surface area contributed by atoms with Crippen LogP contribution in [0, 0.1) is 13.8 Å². The van der Waals surface area contributed by atoms with E-state index in [1.807, 2.05) is 0 Å². The Kier molecular flexibility index (Phi) is 3.36. The summed E-state index contributed by atoms with van der Waals surface area (Å²) >= 11 is 0. The molecule has 0 aliphatic carbocycles. The van der Waals surface area contributed by atoms with Crippen LogP contribution in [0.5, 0.6) is 0 Å². The average molecular weight is 299 g/mol. The first kappa shape index (κ1) is 14.2. The lowest BCUT2D eigenvalue weighted by Gasteiger charge is -2.01. The molecule has 2 aromatic rings. The predicted molar refractivity (Wildman–Crippen MR) is 68.5 cm³/mol. The number of amides is 1. The van der Waals surface area contributed by atoms with Crippen molar-refractivity contribution in [1.82, 2.24) is 14.8 Å². The Labute approximate surface area is 114 Å². The largest absolute Gasteiger partial charge is 0.436 e. The van der Waals surface area contributed by atoms with E-state index in [-0.39, 0.29) is 16.5 Å². The van der Waals surface area contributed by atoms with Gasteiger partial charge in [-0.25, -0.2) is 18.5 Å². The number of oxazole rings is 1. The number of rotatable bonds is 3. The zero-order valence-electron chi connectivity index (χ0n) is 11.0. The molecule has 0 aliphatic heterocycles. The van der Waals surface area contributed by atoms with Gasteiger partial charge in [-0.05, 0) is 6.92 Å². The van der Waals surface area contributed by atoms with Crippen LogP contribution in [0.2, 0.25) is 0 Å². The van der Waals surface area contributed by atoms with Gasteiger partial charge in [0.15, 0.2) is 11.7 Å². The first-order valence-corrected chi connectivity index (χ1v) is 7.05. The highest BCUT2D eigenvalue weighted by molar-refractivity contribution is 7.89. The number of carbonyl (C=O) groups excluding carboxylic acids is 1. The zero-order chi connectivity index (χ0) is 15.1. The second kappa shape index (κ2) is 4.72. The molecule has 10 heteroatoms. The molecule has 0 fully saturated rings. The first-order valence-electron chi connectivity index (χ1n) is 5.50. The van der Waals surface area contributed by atoms with Gasteiger partial charge in [0.25, 0.3) is 5.91 Å². The summed E-state index contributed by atoms with van der Waals surface area (Å²) in [6, 6.07) is 0. The van der Waals surface area contributed by atoms with Crippen LogP contribution in [-0.2, 0) is 17.1 Å². The lowest BCUT2D eigenvalue weighted by molar-refractivity contribution is 0.0994. The molecule has 9 nitrogen and oxygen atoms in total. The van der Waals surface area contributed by atoms with Crippen molar-refractivity contribution in [1.29, 1.82) is 0 Å². The summed E-state index contributed by atoms with van der Waals surface area (Å²) in [5, 5.41) is 11.2. The van der Waals surface area contributed by atoms with Crippen molar-refractivity contribution in [3.05, 3.63) is 23.5 Å². The lowest BCUT2D eigenvalue weighted by atomic mass is 10.3. The van der Waals surface area contributed by atoms with E-state index in [1.165, 1.54) is 17.9 Å². The highest BCUT2D eigenvalue weighted by atomic mass is 32.2. The first-order chi connectivity index (χ1) is 9.18. The fraction of sp³-hybridized carbons (Fsp3) is 0.300. The number of primary sulfonamides is 1. The second-order valence-corrected chi connectivity index (χ2v) is 5.69. The van der Waals surface area contributed by atoms with Gasteiger partial charge >= 0.3 is 0 Å². The number of carbonyl (C=O) groups is 1. The molecule has 2 rings (SSSR count). The maximum Gasteiger partial charge on any atom is 0.294 e. The molecule has 0 aliphatic rings. The van der Waals surface area contributed by atoms with Gasteiger partial charge in [0.2, 0.25) is 15.8 Å². The molecular weight excluding hydrogens is 286 g/mol. The van der Waals surface area contributed by atoms with E-state index in [2.05, 4.69) is 15.4 Å². The van der Waals surface area contributed by atoms with Crippen molar-refractivity contribution in [3.63, 3.8) is 0 Å². The molecule has 0 saturated carbocycles. The van der Waals surface area contributed by atoms with Crippen LogP contribution < -0.4 is 10.5 Å². The summed E-state index contributed by atoms with van der Waals surface area (Å²) in [5.41, 5.74) is 0.396. The number of hydrogen-bond donors (Lipinski definition) is 2. The molecule has 2 heterocycles. The Bertz CT molecular complexity index is 774. The number of anilines is 1. The van der Waals surface area contributed by atoms with Crippen LogP contribution in [0.3, 0.4) is 0 Å². The number of nitrogens with zero attached hydrogens (tertiary/aromatic N) is 3. The maximum absolute atomic E-state index is 12.0. The summed E-state index contributed by atoms with van der Waals surface area (Å²) in [5.74, 6) is -0.478. The smallest absolute Gasteiger partial charge is 0.294 e. The van der Waals surface area contributed by atoms with E-state index in [1.54, 1.807) is 13.8 Å². The van der Waals surface area contributed by atoms with Gasteiger partial charge in [0.1, 0.15) is 4.90 Å². The maximum atomic E-state index is 12.0. The van der Waals surface area contributed by atoms with Crippen molar-refractivity contribution < 1.29 is 17.6 Å². The summed E-state index contributed by atoms with van der Waals surface area (Å²) in [7, 11) is -2.48.